The molecule has 0 aliphatic rings. The van der Waals surface area contributed by atoms with Crippen molar-refractivity contribution in [2.24, 2.45) is 0 Å². The van der Waals surface area contributed by atoms with Gasteiger partial charge in [0.15, 0.2) is 0 Å². The van der Waals surface area contributed by atoms with Crippen LogP contribution in [0.4, 0.5) is 0 Å². The van der Waals surface area contributed by atoms with Crippen molar-refractivity contribution in [3.05, 3.63) is 15.9 Å². The fraction of sp³-hybridized carbons (Fsp3) is 0.667. The highest BCUT2D eigenvalue weighted by Crippen LogP contribution is 2.20. The van der Waals surface area contributed by atoms with Crippen molar-refractivity contribution in [2.45, 2.75) is 33.4 Å². The minimum atomic E-state index is 0.141. The Kier molecular flexibility index (Phi) is 5.81. The average molecular weight is 317 g/mol. The van der Waals surface area contributed by atoms with Gasteiger partial charge >= 0.3 is 0 Å². The Labute approximate surface area is 117 Å². The molecule has 1 aromatic rings. The van der Waals surface area contributed by atoms with Crippen LogP contribution in [-0.4, -0.2) is 41.2 Å². The zero-order chi connectivity index (χ0) is 13.7. The number of amides is 1. The maximum Gasteiger partial charge on any atom is 0.223 e. The summed E-state index contributed by atoms with van der Waals surface area (Å²) in [4.78, 5) is 13.0. The fourth-order valence-corrected chi connectivity index (χ4v) is 2.09. The second-order valence-corrected chi connectivity index (χ2v) is 5.17. The van der Waals surface area contributed by atoms with E-state index in [1.807, 2.05) is 11.6 Å². The number of rotatable bonds is 6. The van der Waals surface area contributed by atoms with E-state index in [0.29, 0.717) is 13.0 Å². The molecule has 1 amide bonds. The van der Waals surface area contributed by atoms with Gasteiger partial charge in [-0.15, -0.1) is 0 Å². The van der Waals surface area contributed by atoms with Gasteiger partial charge in [-0.3, -0.25) is 9.48 Å². The minimum absolute atomic E-state index is 0.141. The molecule has 1 N–H and O–H groups in total. The first-order valence-corrected chi connectivity index (χ1v) is 6.89. The minimum Gasteiger partial charge on any atom is -0.349 e. The van der Waals surface area contributed by atoms with Crippen LogP contribution in [0.5, 0.6) is 0 Å². The van der Waals surface area contributed by atoms with Gasteiger partial charge in [0.25, 0.3) is 0 Å². The van der Waals surface area contributed by atoms with E-state index in [9.17, 15) is 4.79 Å². The predicted molar refractivity (Wildman–Crippen MR) is 75.4 cm³/mol. The molecule has 6 heteroatoms. The summed E-state index contributed by atoms with van der Waals surface area (Å²) >= 11 is 3.55. The molecule has 102 valence electrons. The molecule has 1 heterocycles. The molecule has 0 bridgehead atoms. The maximum atomic E-state index is 11.4. The van der Waals surface area contributed by atoms with Gasteiger partial charge in [0.05, 0.1) is 15.9 Å². The Bertz CT molecular complexity index is 414. The molecule has 0 radical (unpaired) electrons. The Morgan fingerprint density at radius 2 is 2.17 bits per heavy atom. The molecular formula is C12H21BrN4O. The molecule has 0 spiro atoms. The first-order chi connectivity index (χ1) is 8.47. The molecule has 5 nitrogen and oxygen atoms in total. The lowest BCUT2D eigenvalue weighted by molar-refractivity contribution is -0.128. The van der Waals surface area contributed by atoms with Gasteiger partial charge in [-0.05, 0) is 29.8 Å². The van der Waals surface area contributed by atoms with Crippen LogP contribution in [-0.2, 0) is 17.9 Å². The van der Waals surface area contributed by atoms with Crippen molar-refractivity contribution in [3.63, 3.8) is 0 Å². The van der Waals surface area contributed by atoms with E-state index >= 15 is 0 Å². The third kappa shape index (κ3) is 3.81. The van der Waals surface area contributed by atoms with Crippen molar-refractivity contribution in [3.8, 4) is 0 Å². The van der Waals surface area contributed by atoms with E-state index in [1.54, 1.807) is 19.0 Å². The van der Waals surface area contributed by atoms with Crippen LogP contribution in [0.15, 0.2) is 4.47 Å². The van der Waals surface area contributed by atoms with Crippen LogP contribution in [0.25, 0.3) is 0 Å². The number of aryl methyl sites for hydroxylation is 2. The van der Waals surface area contributed by atoms with Crippen LogP contribution >= 0.6 is 15.9 Å². The quantitative estimate of drug-likeness (QED) is 0.810. The molecule has 1 rings (SSSR count). The number of hydrogen-bond acceptors (Lipinski definition) is 3. The largest absolute Gasteiger partial charge is 0.349 e. The third-order valence-electron chi connectivity index (χ3n) is 2.76. The summed E-state index contributed by atoms with van der Waals surface area (Å²) in [5.74, 6) is 0.141. The summed E-state index contributed by atoms with van der Waals surface area (Å²) in [5, 5.41) is 7.70. The van der Waals surface area contributed by atoms with E-state index < -0.39 is 0 Å². The normalized spacial score (nSPS) is 10.7. The van der Waals surface area contributed by atoms with Gasteiger partial charge in [-0.25, -0.2) is 0 Å². The Hall–Kier alpha value is -0.880. The predicted octanol–water partition coefficient (Wildman–Crippen LogP) is 1.54. The lowest BCUT2D eigenvalue weighted by Gasteiger charge is -2.11. The second-order valence-electron chi connectivity index (χ2n) is 4.38. The van der Waals surface area contributed by atoms with Gasteiger partial charge in [-0.2, -0.15) is 5.10 Å². The van der Waals surface area contributed by atoms with E-state index in [-0.39, 0.29) is 5.91 Å². The number of nitrogens with zero attached hydrogens (tertiary/aromatic N) is 3. The number of aromatic nitrogens is 2. The van der Waals surface area contributed by atoms with E-state index in [2.05, 4.69) is 33.3 Å². The van der Waals surface area contributed by atoms with Crippen LogP contribution in [0.2, 0.25) is 0 Å². The molecule has 0 saturated carbocycles. The third-order valence-corrected chi connectivity index (χ3v) is 3.79. The van der Waals surface area contributed by atoms with Crippen molar-refractivity contribution in [2.75, 3.05) is 20.6 Å². The molecule has 0 unspecified atom stereocenters. The molecule has 0 aliphatic heterocycles. The molecule has 0 aromatic carbocycles. The summed E-state index contributed by atoms with van der Waals surface area (Å²) in [6.07, 6.45) is 0.518. The fourth-order valence-electron chi connectivity index (χ4n) is 1.66. The molecule has 1 aromatic heterocycles. The zero-order valence-corrected chi connectivity index (χ0v) is 13.0. The summed E-state index contributed by atoms with van der Waals surface area (Å²) in [6, 6.07) is 0. The Morgan fingerprint density at radius 3 is 2.72 bits per heavy atom. The number of nitrogens with one attached hydrogen (secondary N) is 1. The molecule has 0 saturated heterocycles. The topological polar surface area (TPSA) is 50.2 Å². The first-order valence-electron chi connectivity index (χ1n) is 6.10. The van der Waals surface area contributed by atoms with Gasteiger partial charge in [0, 0.05) is 40.2 Å². The zero-order valence-electron chi connectivity index (χ0n) is 11.5. The van der Waals surface area contributed by atoms with Gasteiger partial charge in [0.2, 0.25) is 5.91 Å². The molecular weight excluding hydrogens is 296 g/mol. The Morgan fingerprint density at radius 1 is 1.50 bits per heavy atom. The van der Waals surface area contributed by atoms with Crippen LogP contribution in [0, 0.1) is 6.92 Å². The van der Waals surface area contributed by atoms with Crippen molar-refractivity contribution in [1.29, 1.82) is 0 Å². The van der Waals surface area contributed by atoms with Crippen molar-refractivity contribution in [1.82, 2.24) is 20.0 Å². The summed E-state index contributed by atoms with van der Waals surface area (Å²) in [7, 11) is 3.54. The SMILES string of the molecule is CCn1nc(C)c(Br)c1CNCCC(=O)N(C)C. The van der Waals surface area contributed by atoms with Gasteiger partial charge < -0.3 is 10.2 Å². The lowest BCUT2D eigenvalue weighted by Crippen LogP contribution is -2.27. The van der Waals surface area contributed by atoms with Crippen molar-refractivity contribution >= 4 is 21.8 Å². The van der Waals surface area contributed by atoms with E-state index in [0.717, 1.165) is 29.0 Å². The van der Waals surface area contributed by atoms with Gasteiger partial charge in [-0.1, -0.05) is 0 Å². The first kappa shape index (κ1) is 15.2. The molecule has 0 aliphatic carbocycles. The smallest absolute Gasteiger partial charge is 0.223 e. The average Bonchev–Trinajstić information content (AvgIpc) is 2.61. The van der Waals surface area contributed by atoms with Crippen LogP contribution < -0.4 is 5.32 Å². The highest BCUT2D eigenvalue weighted by atomic mass is 79.9. The number of hydrogen-bond donors (Lipinski definition) is 1. The van der Waals surface area contributed by atoms with E-state index in [1.165, 1.54) is 0 Å². The van der Waals surface area contributed by atoms with Gasteiger partial charge in [0.1, 0.15) is 0 Å². The van der Waals surface area contributed by atoms with E-state index in [4.69, 9.17) is 0 Å². The van der Waals surface area contributed by atoms with Crippen LogP contribution in [0.1, 0.15) is 24.7 Å². The standard InChI is InChI=1S/C12H21BrN4O/c1-5-17-10(12(13)9(2)15-17)8-14-7-6-11(18)16(3)4/h14H,5-8H2,1-4H3. The molecule has 0 atom stereocenters. The van der Waals surface area contributed by atoms with Crippen LogP contribution in [0.3, 0.4) is 0 Å². The molecule has 0 fully saturated rings. The Balaban J connectivity index is 2.47. The summed E-state index contributed by atoms with van der Waals surface area (Å²) in [5.41, 5.74) is 2.13. The summed E-state index contributed by atoms with van der Waals surface area (Å²) < 4.78 is 3.02. The highest BCUT2D eigenvalue weighted by molar-refractivity contribution is 9.10. The lowest BCUT2D eigenvalue weighted by atomic mass is 10.3. The second kappa shape index (κ2) is 6.89. The number of halogens is 1. The maximum absolute atomic E-state index is 11.4. The number of carbonyl (C=O) groups is 1. The number of carbonyl (C=O) groups excluding carboxylic acids is 1. The molecule has 18 heavy (non-hydrogen) atoms. The monoisotopic (exact) mass is 316 g/mol. The highest BCUT2D eigenvalue weighted by Gasteiger charge is 2.11. The van der Waals surface area contributed by atoms with Crippen molar-refractivity contribution < 1.29 is 4.79 Å². The summed E-state index contributed by atoms with van der Waals surface area (Å²) in [6.45, 7) is 6.29.